The van der Waals surface area contributed by atoms with Gasteiger partial charge in [-0.3, -0.25) is 19.9 Å². The lowest BCUT2D eigenvalue weighted by Crippen LogP contribution is -2.41. The van der Waals surface area contributed by atoms with E-state index in [1.54, 1.807) is 19.2 Å². The second-order valence-electron chi connectivity index (χ2n) is 7.30. The summed E-state index contributed by atoms with van der Waals surface area (Å²) in [6, 6.07) is 14.6. The van der Waals surface area contributed by atoms with E-state index >= 15 is 0 Å². The van der Waals surface area contributed by atoms with Crippen LogP contribution in [0, 0.1) is 10.1 Å². The molecule has 1 atom stereocenters. The van der Waals surface area contributed by atoms with Crippen molar-refractivity contribution >= 4 is 23.2 Å². The molecule has 0 spiro atoms. The van der Waals surface area contributed by atoms with Gasteiger partial charge in [0, 0.05) is 50.3 Å². The van der Waals surface area contributed by atoms with Crippen molar-refractivity contribution in [3.8, 4) is 0 Å². The fraction of sp³-hybridized carbons (Fsp3) is 0.364. The molecule has 0 aromatic heterocycles. The number of para-hydroxylation sites is 1. The first-order valence-corrected chi connectivity index (χ1v) is 10.1. The number of benzene rings is 2. The molecule has 1 unspecified atom stereocenters. The minimum Gasteiger partial charge on any atom is -0.356 e. The Balaban J connectivity index is 1.39. The summed E-state index contributed by atoms with van der Waals surface area (Å²) in [4.78, 5) is 26.5. The summed E-state index contributed by atoms with van der Waals surface area (Å²) >= 11 is 0. The summed E-state index contributed by atoms with van der Waals surface area (Å²) < 4.78 is 0. The third-order valence-corrected chi connectivity index (χ3v) is 5.18. The van der Waals surface area contributed by atoms with Crippen molar-refractivity contribution in [2.75, 3.05) is 25.5 Å². The van der Waals surface area contributed by atoms with Crippen molar-refractivity contribution in [1.82, 2.24) is 10.6 Å². The molecule has 0 fully saturated rings. The first-order chi connectivity index (χ1) is 14.6. The standard InChI is InChI=1S/C22H27N5O3/c1-23-22(24-13-5-4-6-16-9-11-18(12-10-16)27(29)30)25-15-17-14-21(28)26-20-8-3-2-7-19(17)20/h2-3,7-12,17H,4-6,13-15H2,1H3,(H,26,28)(H2,23,24,25). The third-order valence-electron chi connectivity index (χ3n) is 5.18. The van der Waals surface area contributed by atoms with Crippen LogP contribution in [0.25, 0.3) is 0 Å². The summed E-state index contributed by atoms with van der Waals surface area (Å²) in [6.45, 7) is 1.40. The molecule has 1 aliphatic heterocycles. The lowest BCUT2D eigenvalue weighted by molar-refractivity contribution is -0.384. The molecule has 8 nitrogen and oxygen atoms in total. The van der Waals surface area contributed by atoms with Crippen LogP contribution in [-0.2, 0) is 11.2 Å². The third kappa shape index (κ3) is 5.79. The summed E-state index contributed by atoms with van der Waals surface area (Å²) in [5, 5.41) is 20.2. The zero-order valence-electron chi connectivity index (χ0n) is 17.1. The van der Waals surface area contributed by atoms with Crippen LogP contribution in [0.4, 0.5) is 11.4 Å². The van der Waals surface area contributed by atoms with Crippen molar-refractivity contribution in [3.05, 3.63) is 69.8 Å². The van der Waals surface area contributed by atoms with Gasteiger partial charge in [0.15, 0.2) is 5.96 Å². The van der Waals surface area contributed by atoms with E-state index in [0.717, 1.165) is 42.6 Å². The normalized spacial score (nSPS) is 15.8. The summed E-state index contributed by atoms with van der Waals surface area (Å²) in [6.07, 6.45) is 3.25. The highest BCUT2D eigenvalue weighted by Crippen LogP contribution is 2.31. The average molecular weight is 409 g/mol. The van der Waals surface area contributed by atoms with Gasteiger partial charge in [-0.15, -0.1) is 0 Å². The number of nitrogens with zero attached hydrogens (tertiary/aromatic N) is 2. The molecular weight excluding hydrogens is 382 g/mol. The Morgan fingerprint density at radius 1 is 1.17 bits per heavy atom. The van der Waals surface area contributed by atoms with Gasteiger partial charge in [0.05, 0.1) is 4.92 Å². The number of unbranched alkanes of at least 4 members (excludes halogenated alkanes) is 1. The van der Waals surface area contributed by atoms with Crippen LogP contribution in [-0.4, -0.2) is 36.9 Å². The van der Waals surface area contributed by atoms with Crippen LogP contribution in [0.5, 0.6) is 0 Å². The number of rotatable bonds is 8. The van der Waals surface area contributed by atoms with Gasteiger partial charge in [-0.2, -0.15) is 0 Å². The van der Waals surface area contributed by atoms with Crippen LogP contribution < -0.4 is 16.0 Å². The molecule has 0 saturated carbocycles. The first-order valence-electron chi connectivity index (χ1n) is 10.1. The number of hydrogen-bond donors (Lipinski definition) is 3. The molecule has 0 saturated heterocycles. The zero-order valence-corrected chi connectivity index (χ0v) is 17.1. The van der Waals surface area contributed by atoms with Gasteiger partial charge in [0.1, 0.15) is 0 Å². The van der Waals surface area contributed by atoms with Crippen molar-refractivity contribution < 1.29 is 9.72 Å². The Morgan fingerprint density at radius 2 is 1.93 bits per heavy atom. The second-order valence-corrected chi connectivity index (χ2v) is 7.30. The molecule has 30 heavy (non-hydrogen) atoms. The number of carbonyl (C=O) groups is 1. The highest BCUT2D eigenvalue weighted by atomic mass is 16.6. The van der Waals surface area contributed by atoms with E-state index in [1.807, 2.05) is 30.3 Å². The van der Waals surface area contributed by atoms with E-state index in [9.17, 15) is 14.9 Å². The topological polar surface area (TPSA) is 109 Å². The summed E-state index contributed by atoms with van der Waals surface area (Å²) in [5.41, 5.74) is 3.24. The molecule has 1 aliphatic rings. The number of amides is 1. The number of guanidine groups is 1. The van der Waals surface area contributed by atoms with Gasteiger partial charge >= 0.3 is 0 Å². The monoisotopic (exact) mass is 409 g/mol. The number of nitro benzene ring substituents is 1. The maximum atomic E-state index is 11.9. The Kier molecular flexibility index (Phi) is 7.37. The van der Waals surface area contributed by atoms with Crippen molar-refractivity contribution in [2.45, 2.75) is 31.6 Å². The Morgan fingerprint density at radius 3 is 2.67 bits per heavy atom. The predicted octanol–water partition coefficient (Wildman–Crippen LogP) is 3.21. The number of carbonyl (C=O) groups excluding carboxylic acids is 1. The number of anilines is 1. The van der Waals surface area contributed by atoms with Crippen LogP contribution in [0.15, 0.2) is 53.5 Å². The maximum absolute atomic E-state index is 11.9. The molecular formula is C22H27N5O3. The number of aryl methyl sites for hydroxylation is 1. The Hall–Kier alpha value is -3.42. The van der Waals surface area contributed by atoms with Gasteiger partial charge in [0.2, 0.25) is 5.91 Å². The lowest BCUT2D eigenvalue weighted by Gasteiger charge is -2.26. The van der Waals surface area contributed by atoms with Gasteiger partial charge in [-0.1, -0.05) is 30.3 Å². The van der Waals surface area contributed by atoms with E-state index in [2.05, 4.69) is 27.0 Å². The van der Waals surface area contributed by atoms with Crippen molar-refractivity contribution in [1.29, 1.82) is 0 Å². The van der Waals surface area contributed by atoms with Gasteiger partial charge in [0.25, 0.3) is 5.69 Å². The van der Waals surface area contributed by atoms with E-state index in [1.165, 1.54) is 0 Å². The highest BCUT2D eigenvalue weighted by molar-refractivity contribution is 5.94. The number of non-ortho nitro benzene ring substituents is 1. The molecule has 1 heterocycles. The highest BCUT2D eigenvalue weighted by Gasteiger charge is 2.24. The van der Waals surface area contributed by atoms with Crippen LogP contribution in [0.2, 0.25) is 0 Å². The molecule has 158 valence electrons. The van der Waals surface area contributed by atoms with E-state index in [0.29, 0.717) is 18.9 Å². The summed E-state index contributed by atoms with van der Waals surface area (Å²) in [7, 11) is 1.73. The number of aliphatic imine (C=N–C) groups is 1. The number of fused-ring (bicyclic) bond motifs is 1. The summed E-state index contributed by atoms with van der Waals surface area (Å²) in [5.74, 6) is 0.860. The van der Waals surface area contributed by atoms with Crippen LogP contribution in [0.3, 0.4) is 0 Å². The fourth-order valence-corrected chi connectivity index (χ4v) is 3.57. The maximum Gasteiger partial charge on any atom is 0.269 e. The molecule has 3 N–H and O–H groups in total. The van der Waals surface area contributed by atoms with Crippen LogP contribution in [0.1, 0.15) is 36.3 Å². The Bertz CT molecular complexity index is 911. The van der Waals surface area contributed by atoms with E-state index in [-0.39, 0.29) is 22.4 Å². The molecule has 1 amide bonds. The fourth-order valence-electron chi connectivity index (χ4n) is 3.57. The van der Waals surface area contributed by atoms with Crippen molar-refractivity contribution in [3.63, 3.8) is 0 Å². The van der Waals surface area contributed by atoms with Crippen molar-refractivity contribution in [2.24, 2.45) is 4.99 Å². The molecule has 3 rings (SSSR count). The number of hydrogen-bond acceptors (Lipinski definition) is 4. The average Bonchev–Trinajstić information content (AvgIpc) is 2.75. The first kappa shape index (κ1) is 21.3. The van der Waals surface area contributed by atoms with E-state index in [4.69, 9.17) is 0 Å². The SMILES string of the molecule is CN=C(NCCCCc1ccc([N+](=O)[O-])cc1)NCC1CC(=O)Nc2ccccc21. The lowest BCUT2D eigenvalue weighted by atomic mass is 9.90. The predicted molar refractivity (Wildman–Crippen MR) is 118 cm³/mol. The van der Waals surface area contributed by atoms with E-state index < -0.39 is 0 Å². The van der Waals surface area contributed by atoms with Gasteiger partial charge < -0.3 is 16.0 Å². The zero-order chi connectivity index (χ0) is 21.3. The minimum atomic E-state index is -0.384. The molecule has 2 aromatic rings. The largest absolute Gasteiger partial charge is 0.356 e. The van der Waals surface area contributed by atoms with Gasteiger partial charge in [-0.25, -0.2) is 0 Å². The molecule has 8 heteroatoms. The molecule has 0 radical (unpaired) electrons. The Labute approximate surface area is 175 Å². The molecule has 0 aliphatic carbocycles. The minimum absolute atomic E-state index is 0.0368. The van der Waals surface area contributed by atoms with Gasteiger partial charge in [-0.05, 0) is 36.5 Å². The smallest absolute Gasteiger partial charge is 0.269 e. The number of nitro groups is 1. The number of nitrogens with one attached hydrogen (secondary N) is 3. The molecule has 0 bridgehead atoms. The quantitative estimate of drug-likeness (QED) is 0.204. The molecule has 2 aromatic carbocycles. The van der Waals surface area contributed by atoms with Crippen LogP contribution >= 0.6 is 0 Å². The second kappa shape index (κ2) is 10.4.